The van der Waals surface area contributed by atoms with Gasteiger partial charge in [0.15, 0.2) is 8.32 Å². The molecule has 0 spiro atoms. The van der Waals surface area contributed by atoms with Gasteiger partial charge in [0.2, 0.25) is 0 Å². The second-order valence-electron chi connectivity index (χ2n) is 6.02. The van der Waals surface area contributed by atoms with Crippen LogP contribution in [0.25, 0.3) is 0 Å². The van der Waals surface area contributed by atoms with Crippen LogP contribution >= 0.6 is 0 Å². The highest BCUT2D eigenvalue weighted by atomic mass is 28.4. The molecule has 0 aromatic carbocycles. The maximum absolute atomic E-state index is 8.66. The van der Waals surface area contributed by atoms with E-state index in [-0.39, 0.29) is 8.80 Å². The van der Waals surface area contributed by atoms with E-state index in [0.29, 0.717) is 0 Å². The minimum absolute atomic E-state index is 0.139. The molecule has 0 bridgehead atoms. The summed E-state index contributed by atoms with van der Waals surface area (Å²) >= 11 is 0. The fourth-order valence-corrected chi connectivity index (χ4v) is 0. The zero-order valence-corrected chi connectivity index (χ0v) is 17.8. The van der Waals surface area contributed by atoms with Crippen LogP contribution in [0.15, 0.2) is 0 Å². The molecule has 0 saturated heterocycles. The van der Waals surface area contributed by atoms with Gasteiger partial charge in [-0.05, 0) is 19.6 Å². The molecule has 0 aliphatic carbocycles. The zero-order valence-electron chi connectivity index (χ0n) is 15.6. The molecule has 0 aromatic heterocycles. The maximum atomic E-state index is 8.66. The van der Waals surface area contributed by atoms with Crippen LogP contribution < -0.4 is 0 Å². The average molecular weight is 297 g/mol. The highest BCUT2D eigenvalue weighted by Crippen LogP contribution is 1.88. The smallest absolute Gasteiger partial charge is 0.179 e. The van der Waals surface area contributed by atoms with Crippen LogP contribution in [0.1, 0.15) is 60.8 Å². The van der Waals surface area contributed by atoms with Gasteiger partial charge >= 0.3 is 0 Å². The third kappa shape index (κ3) is 25100. The van der Waals surface area contributed by atoms with Crippen LogP contribution in [0.4, 0.5) is 0 Å². The SMILES string of the molecule is CCC.CCC.CCC.C[SiH](C)C.C[Si](C)(C)O. The van der Waals surface area contributed by atoms with E-state index in [9.17, 15) is 0 Å². The minimum Gasteiger partial charge on any atom is -0.433 e. The molecule has 1 nitrogen and oxygen atoms in total. The van der Waals surface area contributed by atoms with Crippen molar-refractivity contribution in [2.24, 2.45) is 0 Å². The predicted molar refractivity (Wildman–Crippen MR) is 98.2 cm³/mol. The molecule has 0 fully saturated rings. The van der Waals surface area contributed by atoms with E-state index >= 15 is 0 Å². The summed E-state index contributed by atoms with van der Waals surface area (Å²) < 4.78 is 0. The molecule has 118 valence electrons. The van der Waals surface area contributed by atoms with Gasteiger partial charge in [-0.25, -0.2) is 0 Å². The van der Waals surface area contributed by atoms with Crippen molar-refractivity contribution in [2.75, 3.05) is 0 Å². The standard InChI is InChI=1S/C3H10OSi.C3H10Si.3C3H8/c1-5(2,3)4;1-4(2)3;3*1-3-2/h4H,1-3H3;4H,1-3H3;3*3H2,1-2H3. The number of hydrogen-bond acceptors (Lipinski definition) is 1. The first-order valence-corrected chi connectivity index (χ1v) is 14.6. The summed E-state index contributed by atoms with van der Waals surface area (Å²) in [4.78, 5) is 8.66. The van der Waals surface area contributed by atoms with Gasteiger partial charge in [0, 0.05) is 8.80 Å². The number of rotatable bonds is 0. The van der Waals surface area contributed by atoms with Crippen molar-refractivity contribution in [3.63, 3.8) is 0 Å². The van der Waals surface area contributed by atoms with Crippen LogP contribution in [0.2, 0.25) is 39.3 Å². The molecule has 0 aromatic rings. The van der Waals surface area contributed by atoms with Gasteiger partial charge in [-0.15, -0.1) is 0 Å². The predicted octanol–water partition coefficient (Wildman–Crippen LogP) is 6.17. The normalized spacial score (nSPS) is 8.33. The molecule has 0 aliphatic heterocycles. The summed E-state index contributed by atoms with van der Waals surface area (Å²) in [5, 5.41) is 0. The summed E-state index contributed by atoms with van der Waals surface area (Å²) in [7, 11) is -1.75. The van der Waals surface area contributed by atoms with E-state index < -0.39 is 8.32 Å². The molecule has 0 saturated carbocycles. The van der Waals surface area contributed by atoms with Crippen molar-refractivity contribution in [1.29, 1.82) is 0 Å². The summed E-state index contributed by atoms with van der Waals surface area (Å²) in [6.45, 7) is 25.3. The summed E-state index contributed by atoms with van der Waals surface area (Å²) in [6, 6.07) is 0. The monoisotopic (exact) mass is 296 g/mol. The van der Waals surface area contributed by atoms with Crippen molar-refractivity contribution in [1.82, 2.24) is 0 Å². The molecule has 1 N–H and O–H groups in total. The van der Waals surface area contributed by atoms with Gasteiger partial charge in [0.25, 0.3) is 0 Å². The molecule has 0 radical (unpaired) electrons. The highest BCUT2D eigenvalue weighted by Gasteiger charge is 2.03. The second kappa shape index (κ2) is 30.4. The Morgan fingerprint density at radius 1 is 0.667 bits per heavy atom. The van der Waals surface area contributed by atoms with Crippen LogP contribution in [0, 0.1) is 0 Å². The van der Waals surface area contributed by atoms with E-state index in [0.717, 1.165) is 0 Å². The van der Waals surface area contributed by atoms with Crippen molar-refractivity contribution < 1.29 is 4.80 Å². The first kappa shape index (κ1) is 31.0. The van der Waals surface area contributed by atoms with E-state index in [2.05, 4.69) is 61.2 Å². The highest BCUT2D eigenvalue weighted by molar-refractivity contribution is 6.68. The molecule has 18 heavy (non-hydrogen) atoms. The van der Waals surface area contributed by atoms with Crippen LogP contribution in [-0.2, 0) is 0 Å². The van der Waals surface area contributed by atoms with Gasteiger partial charge in [-0.2, -0.15) is 0 Å². The van der Waals surface area contributed by atoms with Crippen LogP contribution in [-0.4, -0.2) is 21.9 Å². The van der Waals surface area contributed by atoms with E-state index in [1.54, 1.807) is 0 Å². The van der Waals surface area contributed by atoms with Crippen molar-refractivity contribution >= 4 is 17.1 Å². The third-order valence-corrected chi connectivity index (χ3v) is 0. The molecular weight excluding hydrogens is 252 g/mol. The topological polar surface area (TPSA) is 20.2 Å². The second-order valence-corrected chi connectivity index (χ2v) is 13.8. The van der Waals surface area contributed by atoms with Gasteiger partial charge in [-0.1, -0.05) is 80.4 Å². The molecule has 0 rings (SSSR count). The van der Waals surface area contributed by atoms with Gasteiger partial charge in [-0.3, -0.25) is 0 Å². The molecule has 0 heterocycles. The summed E-state index contributed by atoms with van der Waals surface area (Å²) in [6.07, 6.45) is 3.75. The van der Waals surface area contributed by atoms with E-state index in [1.807, 2.05) is 19.6 Å². The van der Waals surface area contributed by atoms with Gasteiger partial charge in [0.05, 0.1) is 0 Å². The Labute approximate surface area is 122 Å². The van der Waals surface area contributed by atoms with Crippen molar-refractivity contribution in [3.8, 4) is 0 Å². The van der Waals surface area contributed by atoms with Gasteiger partial charge in [0.1, 0.15) is 0 Å². The maximum Gasteiger partial charge on any atom is 0.179 e. The van der Waals surface area contributed by atoms with Crippen LogP contribution in [0.5, 0.6) is 0 Å². The quantitative estimate of drug-likeness (QED) is 0.530. The van der Waals surface area contributed by atoms with Gasteiger partial charge < -0.3 is 4.80 Å². The number of hydrogen-bond donors (Lipinski definition) is 1. The lowest BCUT2D eigenvalue weighted by Gasteiger charge is -2.00. The van der Waals surface area contributed by atoms with Crippen molar-refractivity contribution in [2.45, 2.75) is 100 Å². The third-order valence-electron chi connectivity index (χ3n) is 0. The Kier molecular flexibility index (Phi) is 52.4. The molecule has 0 amide bonds. The van der Waals surface area contributed by atoms with Crippen LogP contribution in [0.3, 0.4) is 0 Å². The Morgan fingerprint density at radius 2 is 0.667 bits per heavy atom. The molecule has 3 heteroatoms. The fraction of sp³-hybridized carbons (Fsp3) is 1.00. The van der Waals surface area contributed by atoms with E-state index in [4.69, 9.17) is 4.80 Å². The average Bonchev–Trinajstić information content (AvgIpc) is 2.01. The summed E-state index contributed by atoms with van der Waals surface area (Å²) in [5.41, 5.74) is 0. The zero-order chi connectivity index (χ0) is 16.2. The minimum atomic E-state index is -1.61. The molecule has 0 unspecified atom stereocenters. The van der Waals surface area contributed by atoms with E-state index in [1.165, 1.54) is 19.3 Å². The van der Waals surface area contributed by atoms with Crippen molar-refractivity contribution in [3.05, 3.63) is 0 Å². The Hall–Kier alpha value is 0.394. The molecular formula is C15H44OSi2. The lowest BCUT2D eigenvalue weighted by Crippen LogP contribution is -2.17. The lowest BCUT2D eigenvalue weighted by molar-refractivity contribution is 0.561. The Bertz CT molecular complexity index is 75.5. The fourth-order valence-electron chi connectivity index (χ4n) is 0. The largest absolute Gasteiger partial charge is 0.433 e. The molecule has 0 aliphatic rings. The Balaban J connectivity index is -0.0000000400. The Morgan fingerprint density at radius 3 is 0.667 bits per heavy atom. The first-order valence-electron chi connectivity index (χ1n) is 7.70. The lowest BCUT2D eigenvalue weighted by atomic mass is 10.6. The molecule has 0 atom stereocenters. The summed E-state index contributed by atoms with van der Waals surface area (Å²) in [5.74, 6) is 0. The first-order chi connectivity index (χ1) is 7.97.